The summed E-state index contributed by atoms with van der Waals surface area (Å²) in [6, 6.07) is 18.6. The number of nitrogen functional groups attached to an aromatic ring is 1. The number of halogens is 1. The summed E-state index contributed by atoms with van der Waals surface area (Å²) < 4.78 is 2.51. The first kappa shape index (κ1) is 12.9. The van der Waals surface area contributed by atoms with Crippen LogP contribution < -0.4 is 5.73 Å². The van der Waals surface area contributed by atoms with E-state index >= 15 is 0 Å². The molecular formula is C16H14BrN3. The summed E-state index contributed by atoms with van der Waals surface area (Å²) in [7, 11) is 1.84. The standard InChI is InChI=1S/C16H14BrN3/c1-20-16(18)14(17)15(19-20)13-9-7-12(8-10-13)11-5-3-2-4-6-11/h2-10H,18H2,1H3. The highest BCUT2D eigenvalue weighted by Gasteiger charge is 2.12. The Morgan fingerprint density at radius 3 is 2.00 bits per heavy atom. The van der Waals surface area contributed by atoms with Crippen molar-refractivity contribution < 1.29 is 0 Å². The highest BCUT2D eigenvalue weighted by atomic mass is 79.9. The Kier molecular flexibility index (Phi) is 3.32. The van der Waals surface area contributed by atoms with Gasteiger partial charge in [0.25, 0.3) is 0 Å². The van der Waals surface area contributed by atoms with Gasteiger partial charge in [-0.25, -0.2) is 0 Å². The van der Waals surface area contributed by atoms with Crippen molar-refractivity contribution in [1.82, 2.24) is 9.78 Å². The number of aryl methyl sites for hydroxylation is 1. The summed E-state index contributed by atoms with van der Waals surface area (Å²) in [5.74, 6) is 0.632. The second kappa shape index (κ2) is 5.13. The minimum Gasteiger partial charge on any atom is -0.383 e. The zero-order valence-electron chi connectivity index (χ0n) is 11.0. The molecular weight excluding hydrogens is 314 g/mol. The molecule has 3 nitrogen and oxygen atoms in total. The maximum absolute atomic E-state index is 5.91. The first-order valence-corrected chi connectivity index (χ1v) is 7.10. The lowest BCUT2D eigenvalue weighted by Gasteiger charge is -2.03. The summed E-state index contributed by atoms with van der Waals surface area (Å²) in [5, 5.41) is 4.43. The first-order chi connectivity index (χ1) is 9.66. The van der Waals surface area contributed by atoms with Crippen LogP contribution in [0.4, 0.5) is 5.82 Å². The first-order valence-electron chi connectivity index (χ1n) is 6.30. The van der Waals surface area contributed by atoms with Gasteiger partial charge in [0.15, 0.2) is 0 Å². The summed E-state index contributed by atoms with van der Waals surface area (Å²) in [4.78, 5) is 0. The van der Waals surface area contributed by atoms with Crippen molar-refractivity contribution in [3.05, 3.63) is 59.1 Å². The van der Waals surface area contributed by atoms with Crippen molar-refractivity contribution in [2.45, 2.75) is 0 Å². The Hall–Kier alpha value is -2.07. The third kappa shape index (κ3) is 2.23. The minimum absolute atomic E-state index is 0.632. The van der Waals surface area contributed by atoms with Crippen molar-refractivity contribution in [2.24, 2.45) is 7.05 Å². The molecule has 0 aliphatic carbocycles. The van der Waals surface area contributed by atoms with E-state index in [1.165, 1.54) is 11.1 Å². The molecule has 1 heterocycles. The minimum atomic E-state index is 0.632. The summed E-state index contributed by atoms with van der Waals surface area (Å²) >= 11 is 3.49. The molecule has 3 aromatic rings. The van der Waals surface area contributed by atoms with E-state index in [0.29, 0.717) is 5.82 Å². The van der Waals surface area contributed by atoms with Crippen molar-refractivity contribution in [3.8, 4) is 22.4 Å². The highest BCUT2D eigenvalue weighted by Crippen LogP contribution is 2.32. The zero-order chi connectivity index (χ0) is 14.1. The maximum atomic E-state index is 5.91. The van der Waals surface area contributed by atoms with Gasteiger partial charge in [-0.3, -0.25) is 4.68 Å². The normalized spacial score (nSPS) is 10.7. The SMILES string of the molecule is Cn1nc(-c2ccc(-c3ccccc3)cc2)c(Br)c1N. The summed E-state index contributed by atoms with van der Waals surface area (Å²) in [5.41, 5.74) is 10.2. The van der Waals surface area contributed by atoms with Crippen LogP contribution in [0.15, 0.2) is 59.1 Å². The lowest BCUT2D eigenvalue weighted by Crippen LogP contribution is -1.97. The molecule has 0 radical (unpaired) electrons. The van der Waals surface area contributed by atoms with E-state index in [1.54, 1.807) is 4.68 Å². The number of hydrogen-bond acceptors (Lipinski definition) is 2. The molecule has 2 aromatic carbocycles. The van der Waals surface area contributed by atoms with E-state index in [9.17, 15) is 0 Å². The number of nitrogens with zero attached hydrogens (tertiary/aromatic N) is 2. The van der Waals surface area contributed by atoms with Gasteiger partial charge in [0.2, 0.25) is 0 Å². The van der Waals surface area contributed by atoms with Crippen LogP contribution in [0.5, 0.6) is 0 Å². The Bertz CT molecular complexity index is 730. The van der Waals surface area contributed by atoms with Crippen LogP contribution in [-0.2, 0) is 7.05 Å². The fraction of sp³-hybridized carbons (Fsp3) is 0.0625. The van der Waals surface area contributed by atoms with Crippen molar-refractivity contribution >= 4 is 21.7 Å². The Balaban J connectivity index is 1.99. The molecule has 100 valence electrons. The number of hydrogen-bond donors (Lipinski definition) is 1. The summed E-state index contributed by atoms with van der Waals surface area (Å²) in [6.07, 6.45) is 0. The average molecular weight is 328 g/mol. The van der Waals surface area contributed by atoms with Crippen molar-refractivity contribution in [1.29, 1.82) is 0 Å². The molecule has 20 heavy (non-hydrogen) atoms. The van der Waals surface area contributed by atoms with Crippen molar-refractivity contribution in [3.63, 3.8) is 0 Å². The van der Waals surface area contributed by atoms with Crippen LogP contribution in [0.25, 0.3) is 22.4 Å². The molecule has 0 saturated carbocycles. The molecule has 0 saturated heterocycles. The fourth-order valence-electron chi connectivity index (χ4n) is 2.15. The fourth-order valence-corrected chi connectivity index (χ4v) is 2.71. The van der Waals surface area contributed by atoms with Crippen LogP contribution in [0.3, 0.4) is 0 Å². The quantitative estimate of drug-likeness (QED) is 0.770. The number of anilines is 1. The molecule has 0 aliphatic rings. The zero-order valence-corrected chi connectivity index (χ0v) is 12.6. The van der Waals surface area contributed by atoms with Gasteiger partial charge < -0.3 is 5.73 Å². The molecule has 0 fully saturated rings. The predicted molar refractivity (Wildman–Crippen MR) is 86.2 cm³/mol. The molecule has 0 bridgehead atoms. The molecule has 0 spiro atoms. The van der Waals surface area contributed by atoms with E-state index in [0.717, 1.165) is 15.7 Å². The van der Waals surface area contributed by atoms with Gasteiger partial charge in [-0.15, -0.1) is 0 Å². The Labute approximate surface area is 126 Å². The van der Waals surface area contributed by atoms with Gasteiger partial charge in [0.05, 0.1) is 4.47 Å². The number of benzene rings is 2. The highest BCUT2D eigenvalue weighted by molar-refractivity contribution is 9.10. The maximum Gasteiger partial charge on any atom is 0.136 e. The number of rotatable bonds is 2. The molecule has 4 heteroatoms. The van der Waals surface area contributed by atoms with Crippen LogP contribution >= 0.6 is 15.9 Å². The Morgan fingerprint density at radius 1 is 0.900 bits per heavy atom. The average Bonchev–Trinajstić information content (AvgIpc) is 2.76. The summed E-state index contributed by atoms with van der Waals surface area (Å²) in [6.45, 7) is 0. The molecule has 1 aromatic heterocycles. The largest absolute Gasteiger partial charge is 0.383 e. The molecule has 0 amide bonds. The van der Waals surface area contributed by atoms with Crippen LogP contribution in [0.1, 0.15) is 0 Å². The second-order valence-electron chi connectivity index (χ2n) is 4.61. The van der Waals surface area contributed by atoms with E-state index in [-0.39, 0.29) is 0 Å². The lowest BCUT2D eigenvalue weighted by atomic mass is 10.0. The lowest BCUT2D eigenvalue weighted by molar-refractivity contribution is 0.782. The molecule has 0 unspecified atom stereocenters. The molecule has 2 N–H and O–H groups in total. The van der Waals surface area contributed by atoms with Gasteiger partial charge in [-0.05, 0) is 27.1 Å². The van der Waals surface area contributed by atoms with Crippen molar-refractivity contribution in [2.75, 3.05) is 5.73 Å². The number of nitrogens with two attached hydrogens (primary N) is 1. The molecule has 3 rings (SSSR count). The van der Waals surface area contributed by atoms with Crippen LogP contribution in [0.2, 0.25) is 0 Å². The predicted octanol–water partition coefficient (Wildman–Crippen LogP) is 4.10. The van der Waals surface area contributed by atoms with Gasteiger partial charge >= 0.3 is 0 Å². The third-order valence-electron chi connectivity index (χ3n) is 3.30. The van der Waals surface area contributed by atoms with Gasteiger partial charge in [-0.2, -0.15) is 5.10 Å². The van der Waals surface area contributed by atoms with E-state index in [2.05, 4.69) is 57.4 Å². The van der Waals surface area contributed by atoms with Crippen LogP contribution in [-0.4, -0.2) is 9.78 Å². The second-order valence-corrected chi connectivity index (χ2v) is 5.41. The number of aromatic nitrogens is 2. The monoisotopic (exact) mass is 327 g/mol. The molecule has 0 aliphatic heterocycles. The van der Waals surface area contributed by atoms with E-state index in [4.69, 9.17) is 5.73 Å². The van der Waals surface area contributed by atoms with Gasteiger partial charge in [0, 0.05) is 12.6 Å². The van der Waals surface area contributed by atoms with E-state index < -0.39 is 0 Å². The van der Waals surface area contributed by atoms with Gasteiger partial charge in [-0.1, -0.05) is 54.6 Å². The Morgan fingerprint density at radius 2 is 1.45 bits per heavy atom. The third-order valence-corrected chi connectivity index (χ3v) is 4.08. The van der Waals surface area contributed by atoms with Gasteiger partial charge in [0.1, 0.15) is 11.5 Å². The van der Waals surface area contributed by atoms with Crippen LogP contribution in [0, 0.1) is 0 Å². The molecule has 0 atom stereocenters. The van der Waals surface area contributed by atoms with E-state index in [1.807, 2.05) is 25.2 Å². The smallest absolute Gasteiger partial charge is 0.136 e. The topological polar surface area (TPSA) is 43.8 Å².